The summed E-state index contributed by atoms with van der Waals surface area (Å²) in [5.41, 5.74) is 1.89. The van der Waals surface area contributed by atoms with Crippen LogP contribution in [0.3, 0.4) is 0 Å². The van der Waals surface area contributed by atoms with Crippen LogP contribution < -0.4 is 10.5 Å². The molecule has 1 aromatic heterocycles. The number of phenolic OH excluding ortho intramolecular Hbond substituents is 1. The second-order valence-corrected chi connectivity index (χ2v) is 7.42. The molecule has 30 heavy (non-hydrogen) atoms. The summed E-state index contributed by atoms with van der Waals surface area (Å²) in [7, 11) is 0. The first-order valence-electron chi connectivity index (χ1n) is 9.76. The number of amides is 1. The third-order valence-corrected chi connectivity index (χ3v) is 5.56. The van der Waals surface area contributed by atoms with E-state index in [0.29, 0.717) is 34.4 Å². The van der Waals surface area contributed by atoms with E-state index in [-0.39, 0.29) is 17.2 Å². The van der Waals surface area contributed by atoms with Crippen LogP contribution in [0.4, 0.5) is 11.5 Å². The van der Waals surface area contributed by atoms with Gasteiger partial charge in [0, 0.05) is 10.9 Å². The van der Waals surface area contributed by atoms with Crippen molar-refractivity contribution in [2.24, 2.45) is 0 Å². The van der Waals surface area contributed by atoms with Crippen molar-refractivity contribution in [2.45, 2.75) is 19.4 Å². The Balaban J connectivity index is 1.76. The van der Waals surface area contributed by atoms with E-state index in [1.807, 2.05) is 36.4 Å². The summed E-state index contributed by atoms with van der Waals surface area (Å²) >= 11 is 0. The fourth-order valence-electron chi connectivity index (χ4n) is 4.08. The maximum absolute atomic E-state index is 13.2. The Morgan fingerprint density at radius 2 is 1.60 bits per heavy atom. The minimum absolute atomic E-state index is 0.0813. The van der Waals surface area contributed by atoms with Crippen molar-refractivity contribution in [3.63, 3.8) is 0 Å². The zero-order valence-electron chi connectivity index (χ0n) is 16.3. The Kier molecular flexibility index (Phi) is 4.13. The molecule has 1 unspecified atom stereocenters. The topological polar surface area (TPSA) is 75.4 Å². The predicted octanol–water partition coefficient (Wildman–Crippen LogP) is 3.93. The molecule has 0 radical (unpaired) electrons. The standard InChI is InChI=1S/C24H19N3O3/c1-15-21-19(12-7-13-20(21)28)27(23(15)29)22-17-10-5-6-11-18(17)24(30)26(25-22)14-16-8-3-2-4-9-16/h2-13,15,28H,14H2,1H3. The number of carbonyl (C=O) groups is 1. The summed E-state index contributed by atoms with van der Waals surface area (Å²) < 4.78 is 1.39. The SMILES string of the molecule is CC1C(=O)N(c2nn(Cc3ccccc3)c(=O)c3ccccc23)c2cccc(O)c21. The average Bonchev–Trinajstić information content (AvgIpc) is 3.02. The zero-order valence-corrected chi connectivity index (χ0v) is 16.3. The fourth-order valence-corrected chi connectivity index (χ4v) is 4.08. The molecule has 3 aromatic carbocycles. The van der Waals surface area contributed by atoms with Crippen LogP contribution in [0.1, 0.15) is 24.0 Å². The highest BCUT2D eigenvalue weighted by atomic mass is 16.3. The largest absolute Gasteiger partial charge is 0.508 e. The van der Waals surface area contributed by atoms with E-state index in [1.54, 1.807) is 43.3 Å². The number of nitrogens with zero attached hydrogens (tertiary/aromatic N) is 3. The molecule has 1 aliphatic heterocycles. The quantitative estimate of drug-likeness (QED) is 0.568. The molecule has 0 aliphatic carbocycles. The summed E-state index contributed by atoms with van der Waals surface area (Å²) in [6.45, 7) is 2.06. The van der Waals surface area contributed by atoms with E-state index in [2.05, 4.69) is 5.10 Å². The first-order valence-corrected chi connectivity index (χ1v) is 9.76. The third-order valence-electron chi connectivity index (χ3n) is 5.56. The predicted molar refractivity (Wildman–Crippen MR) is 115 cm³/mol. The van der Waals surface area contributed by atoms with Gasteiger partial charge in [-0.25, -0.2) is 4.68 Å². The molecule has 0 saturated carbocycles. The van der Waals surface area contributed by atoms with E-state index >= 15 is 0 Å². The Hall–Kier alpha value is -3.93. The van der Waals surface area contributed by atoms with Gasteiger partial charge in [0.1, 0.15) is 5.75 Å². The Morgan fingerprint density at radius 1 is 0.900 bits per heavy atom. The molecule has 2 heterocycles. The van der Waals surface area contributed by atoms with Gasteiger partial charge in [-0.05, 0) is 30.7 Å². The first-order chi connectivity index (χ1) is 14.6. The number of hydrogen-bond acceptors (Lipinski definition) is 4. The number of fused-ring (bicyclic) bond motifs is 2. The normalized spacial score (nSPS) is 15.6. The molecule has 1 amide bonds. The van der Waals surface area contributed by atoms with Crippen LogP contribution in [0, 0.1) is 0 Å². The van der Waals surface area contributed by atoms with E-state index in [0.717, 1.165) is 5.56 Å². The van der Waals surface area contributed by atoms with Crippen molar-refractivity contribution < 1.29 is 9.90 Å². The fraction of sp³-hybridized carbons (Fsp3) is 0.125. The van der Waals surface area contributed by atoms with Crippen molar-refractivity contribution in [3.8, 4) is 5.75 Å². The molecule has 148 valence electrons. The van der Waals surface area contributed by atoms with Crippen molar-refractivity contribution in [1.29, 1.82) is 0 Å². The highest BCUT2D eigenvalue weighted by molar-refractivity contribution is 6.14. The van der Waals surface area contributed by atoms with Crippen LogP contribution in [0.2, 0.25) is 0 Å². The van der Waals surface area contributed by atoms with Gasteiger partial charge in [0.25, 0.3) is 5.56 Å². The van der Waals surface area contributed by atoms with Gasteiger partial charge < -0.3 is 5.11 Å². The first kappa shape index (κ1) is 18.1. The van der Waals surface area contributed by atoms with Crippen LogP contribution in [-0.2, 0) is 11.3 Å². The van der Waals surface area contributed by atoms with Crippen LogP contribution in [-0.4, -0.2) is 20.8 Å². The summed E-state index contributed by atoms with van der Waals surface area (Å²) in [5, 5.41) is 16.0. The number of hydrogen-bond donors (Lipinski definition) is 1. The molecule has 0 saturated heterocycles. The number of aromatic nitrogens is 2. The second kappa shape index (κ2) is 6.84. The van der Waals surface area contributed by atoms with Crippen molar-refractivity contribution in [1.82, 2.24) is 9.78 Å². The molecule has 1 aliphatic rings. The minimum atomic E-state index is -0.503. The molecule has 6 nitrogen and oxygen atoms in total. The van der Waals surface area contributed by atoms with Crippen LogP contribution in [0.15, 0.2) is 77.6 Å². The Bertz CT molecular complexity index is 1350. The number of benzene rings is 3. The molecule has 1 N–H and O–H groups in total. The monoisotopic (exact) mass is 397 g/mol. The zero-order chi connectivity index (χ0) is 20.8. The summed E-state index contributed by atoms with van der Waals surface area (Å²) in [6, 6.07) is 21.8. The highest BCUT2D eigenvalue weighted by Crippen LogP contribution is 2.46. The molecular formula is C24H19N3O3. The molecule has 6 heteroatoms. The number of phenols is 1. The number of rotatable bonds is 3. The molecule has 1 atom stereocenters. The summed E-state index contributed by atoms with van der Waals surface area (Å²) in [6.07, 6.45) is 0. The van der Waals surface area contributed by atoms with Gasteiger partial charge >= 0.3 is 0 Å². The number of anilines is 2. The summed E-state index contributed by atoms with van der Waals surface area (Å²) in [4.78, 5) is 27.8. The van der Waals surface area contributed by atoms with Gasteiger partial charge in [-0.3, -0.25) is 14.5 Å². The van der Waals surface area contributed by atoms with E-state index in [1.165, 1.54) is 9.58 Å². The van der Waals surface area contributed by atoms with E-state index < -0.39 is 5.92 Å². The lowest BCUT2D eigenvalue weighted by atomic mass is 10.0. The number of carbonyl (C=O) groups excluding carboxylic acids is 1. The lowest BCUT2D eigenvalue weighted by Gasteiger charge is -2.20. The van der Waals surface area contributed by atoms with Crippen molar-refractivity contribution in [2.75, 3.05) is 4.90 Å². The van der Waals surface area contributed by atoms with Gasteiger partial charge in [-0.2, -0.15) is 5.10 Å². The highest BCUT2D eigenvalue weighted by Gasteiger charge is 2.39. The Labute approximate surface area is 172 Å². The van der Waals surface area contributed by atoms with Crippen molar-refractivity contribution in [3.05, 3.63) is 94.3 Å². The van der Waals surface area contributed by atoms with Crippen LogP contribution in [0.5, 0.6) is 5.75 Å². The maximum Gasteiger partial charge on any atom is 0.275 e. The van der Waals surface area contributed by atoms with E-state index in [4.69, 9.17) is 0 Å². The molecule has 4 aromatic rings. The average molecular weight is 397 g/mol. The summed E-state index contributed by atoms with van der Waals surface area (Å²) in [5.74, 6) is -0.217. The van der Waals surface area contributed by atoms with Gasteiger partial charge in [-0.15, -0.1) is 0 Å². The molecule has 0 fully saturated rings. The van der Waals surface area contributed by atoms with Crippen LogP contribution in [0.25, 0.3) is 10.8 Å². The molecular weight excluding hydrogens is 378 g/mol. The van der Waals surface area contributed by atoms with Gasteiger partial charge in [-0.1, -0.05) is 54.6 Å². The van der Waals surface area contributed by atoms with Gasteiger partial charge in [0.15, 0.2) is 5.82 Å². The Morgan fingerprint density at radius 3 is 2.37 bits per heavy atom. The smallest absolute Gasteiger partial charge is 0.275 e. The molecule has 0 spiro atoms. The maximum atomic E-state index is 13.2. The van der Waals surface area contributed by atoms with E-state index in [9.17, 15) is 14.7 Å². The van der Waals surface area contributed by atoms with Crippen molar-refractivity contribution >= 4 is 28.2 Å². The van der Waals surface area contributed by atoms with Crippen LogP contribution >= 0.6 is 0 Å². The lowest BCUT2D eigenvalue weighted by molar-refractivity contribution is -0.118. The minimum Gasteiger partial charge on any atom is -0.508 e. The van der Waals surface area contributed by atoms with Gasteiger partial charge in [0.05, 0.1) is 23.5 Å². The number of aromatic hydroxyl groups is 1. The third kappa shape index (κ3) is 2.69. The molecule has 0 bridgehead atoms. The lowest BCUT2D eigenvalue weighted by Crippen LogP contribution is -2.30. The second-order valence-electron chi connectivity index (χ2n) is 7.42. The molecule has 5 rings (SSSR count). The van der Waals surface area contributed by atoms with Gasteiger partial charge in [0.2, 0.25) is 5.91 Å².